The molecule has 1 saturated heterocycles. The summed E-state index contributed by atoms with van der Waals surface area (Å²) in [7, 11) is 2.17. The van der Waals surface area contributed by atoms with Crippen LogP contribution in [0.3, 0.4) is 0 Å². The Morgan fingerprint density at radius 2 is 2.00 bits per heavy atom. The predicted octanol–water partition coefficient (Wildman–Crippen LogP) is 2.98. The number of benzene rings is 1. The fourth-order valence-electron chi connectivity index (χ4n) is 3.04. The molecule has 0 bridgehead atoms. The van der Waals surface area contributed by atoms with Crippen molar-refractivity contribution in [2.24, 2.45) is 5.92 Å². The van der Waals surface area contributed by atoms with Gasteiger partial charge in [0.05, 0.1) is 0 Å². The largest absolute Gasteiger partial charge is 0.342 e. The smallest absolute Gasteiger partial charge is 0.226 e. The van der Waals surface area contributed by atoms with Gasteiger partial charge in [0.15, 0.2) is 0 Å². The summed E-state index contributed by atoms with van der Waals surface area (Å²) in [6, 6.07) is 10.4. The van der Waals surface area contributed by atoms with Crippen LogP contribution in [-0.2, 0) is 11.2 Å². The van der Waals surface area contributed by atoms with Crippen molar-refractivity contribution in [1.29, 1.82) is 0 Å². The number of likely N-dealkylation sites (tertiary alicyclic amines) is 1. The lowest BCUT2D eigenvalue weighted by atomic mass is 9.96. The molecule has 3 heteroatoms. The van der Waals surface area contributed by atoms with E-state index in [0.29, 0.717) is 12.3 Å². The SMILES string of the molecule is C=CCC(=O)N(CCc1ccccc1)CC1CCN(C)CC1. The minimum atomic E-state index is 0.213. The Morgan fingerprint density at radius 3 is 2.64 bits per heavy atom. The maximum Gasteiger partial charge on any atom is 0.226 e. The second-order valence-corrected chi connectivity index (χ2v) is 6.31. The van der Waals surface area contributed by atoms with Crippen molar-refractivity contribution in [3.05, 3.63) is 48.6 Å². The summed E-state index contributed by atoms with van der Waals surface area (Å²) < 4.78 is 0. The summed E-state index contributed by atoms with van der Waals surface area (Å²) in [6.45, 7) is 7.70. The number of hydrogen-bond donors (Lipinski definition) is 0. The highest BCUT2D eigenvalue weighted by molar-refractivity contribution is 5.77. The minimum Gasteiger partial charge on any atom is -0.342 e. The molecule has 2 rings (SSSR count). The molecule has 1 aromatic rings. The monoisotopic (exact) mass is 300 g/mol. The molecule has 0 aliphatic carbocycles. The van der Waals surface area contributed by atoms with Crippen molar-refractivity contribution in [3.8, 4) is 0 Å². The van der Waals surface area contributed by atoms with Gasteiger partial charge >= 0.3 is 0 Å². The molecule has 0 N–H and O–H groups in total. The summed E-state index contributed by atoms with van der Waals surface area (Å²) in [5.41, 5.74) is 1.29. The van der Waals surface area contributed by atoms with Crippen LogP contribution in [0.25, 0.3) is 0 Å². The van der Waals surface area contributed by atoms with Crippen LogP contribution in [0.5, 0.6) is 0 Å². The molecular weight excluding hydrogens is 272 g/mol. The minimum absolute atomic E-state index is 0.213. The Hall–Kier alpha value is -1.61. The third kappa shape index (κ3) is 5.30. The highest BCUT2D eigenvalue weighted by atomic mass is 16.2. The number of piperidine rings is 1. The van der Waals surface area contributed by atoms with Crippen molar-refractivity contribution in [1.82, 2.24) is 9.80 Å². The van der Waals surface area contributed by atoms with Crippen LogP contribution in [0, 0.1) is 5.92 Å². The summed E-state index contributed by atoms with van der Waals surface area (Å²) >= 11 is 0. The maximum absolute atomic E-state index is 12.3. The quantitative estimate of drug-likeness (QED) is 0.723. The molecule has 0 atom stereocenters. The van der Waals surface area contributed by atoms with E-state index in [1.165, 1.54) is 18.4 Å². The van der Waals surface area contributed by atoms with Gasteiger partial charge in [0.25, 0.3) is 0 Å². The predicted molar refractivity (Wildman–Crippen MR) is 91.8 cm³/mol. The van der Waals surface area contributed by atoms with Crippen LogP contribution in [0.15, 0.2) is 43.0 Å². The third-order valence-corrected chi connectivity index (χ3v) is 4.50. The molecule has 1 fully saturated rings. The standard InChI is InChI=1S/C19H28N2O/c1-3-7-19(22)21(15-12-17-8-5-4-6-9-17)16-18-10-13-20(2)14-11-18/h3-6,8-9,18H,1,7,10-16H2,2H3. The molecular formula is C19H28N2O. The average Bonchev–Trinajstić information content (AvgIpc) is 2.54. The number of nitrogens with zero attached hydrogens (tertiary/aromatic N) is 2. The highest BCUT2D eigenvalue weighted by Gasteiger charge is 2.21. The number of hydrogen-bond acceptors (Lipinski definition) is 2. The van der Waals surface area contributed by atoms with Gasteiger partial charge in [-0.25, -0.2) is 0 Å². The zero-order valence-electron chi connectivity index (χ0n) is 13.7. The molecule has 0 unspecified atom stereocenters. The first-order valence-corrected chi connectivity index (χ1v) is 8.30. The summed E-state index contributed by atoms with van der Waals surface area (Å²) in [4.78, 5) is 16.8. The van der Waals surface area contributed by atoms with Gasteiger partial charge in [-0.2, -0.15) is 0 Å². The van der Waals surface area contributed by atoms with E-state index in [0.717, 1.165) is 32.6 Å². The molecule has 0 spiro atoms. The van der Waals surface area contributed by atoms with E-state index in [-0.39, 0.29) is 5.91 Å². The van der Waals surface area contributed by atoms with E-state index in [2.05, 4.69) is 42.8 Å². The Bertz CT molecular complexity index is 464. The molecule has 0 saturated carbocycles. The van der Waals surface area contributed by atoms with Crippen LogP contribution < -0.4 is 0 Å². The number of carbonyl (C=O) groups excluding carboxylic acids is 1. The first-order valence-electron chi connectivity index (χ1n) is 8.30. The summed E-state index contributed by atoms with van der Waals surface area (Å²) in [5, 5.41) is 0. The van der Waals surface area contributed by atoms with Crippen molar-refractivity contribution in [2.45, 2.75) is 25.7 Å². The van der Waals surface area contributed by atoms with Crippen molar-refractivity contribution < 1.29 is 4.79 Å². The van der Waals surface area contributed by atoms with Gasteiger partial charge in [0, 0.05) is 19.5 Å². The zero-order chi connectivity index (χ0) is 15.8. The van der Waals surface area contributed by atoms with E-state index in [1.54, 1.807) is 6.08 Å². The number of rotatable bonds is 7. The molecule has 1 heterocycles. The molecule has 1 aliphatic rings. The van der Waals surface area contributed by atoms with E-state index < -0.39 is 0 Å². The van der Waals surface area contributed by atoms with Gasteiger partial charge in [-0.1, -0.05) is 36.4 Å². The van der Waals surface area contributed by atoms with Gasteiger partial charge in [-0.3, -0.25) is 4.79 Å². The average molecular weight is 300 g/mol. The lowest BCUT2D eigenvalue weighted by molar-refractivity contribution is -0.131. The molecule has 22 heavy (non-hydrogen) atoms. The van der Waals surface area contributed by atoms with E-state index in [9.17, 15) is 4.79 Å². The van der Waals surface area contributed by atoms with Gasteiger partial charge < -0.3 is 9.80 Å². The molecule has 0 aromatic heterocycles. The van der Waals surface area contributed by atoms with Crippen molar-refractivity contribution in [2.75, 3.05) is 33.2 Å². The molecule has 0 radical (unpaired) electrons. The maximum atomic E-state index is 12.3. The third-order valence-electron chi connectivity index (χ3n) is 4.50. The molecule has 1 aliphatic heterocycles. The topological polar surface area (TPSA) is 23.6 Å². The first-order chi connectivity index (χ1) is 10.7. The Kier molecular flexibility index (Phi) is 6.66. The van der Waals surface area contributed by atoms with E-state index in [4.69, 9.17) is 0 Å². The second kappa shape index (κ2) is 8.74. The van der Waals surface area contributed by atoms with Gasteiger partial charge in [-0.05, 0) is 50.9 Å². The second-order valence-electron chi connectivity index (χ2n) is 6.31. The Labute approximate surface area is 134 Å². The normalized spacial score (nSPS) is 16.4. The van der Waals surface area contributed by atoms with Crippen molar-refractivity contribution >= 4 is 5.91 Å². The van der Waals surface area contributed by atoms with E-state index >= 15 is 0 Å². The fraction of sp³-hybridized carbons (Fsp3) is 0.526. The number of carbonyl (C=O) groups is 1. The lowest BCUT2D eigenvalue weighted by Crippen LogP contribution is -2.40. The molecule has 1 amide bonds. The van der Waals surface area contributed by atoms with Crippen LogP contribution >= 0.6 is 0 Å². The van der Waals surface area contributed by atoms with Crippen LogP contribution in [0.4, 0.5) is 0 Å². The highest BCUT2D eigenvalue weighted by Crippen LogP contribution is 2.18. The van der Waals surface area contributed by atoms with Crippen LogP contribution in [-0.4, -0.2) is 48.9 Å². The van der Waals surface area contributed by atoms with Crippen LogP contribution in [0.1, 0.15) is 24.8 Å². The first kappa shape index (κ1) is 16.8. The summed E-state index contributed by atoms with van der Waals surface area (Å²) in [5.74, 6) is 0.852. The molecule has 3 nitrogen and oxygen atoms in total. The van der Waals surface area contributed by atoms with Crippen LogP contribution in [0.2, 0.25) is 0 Å². The van der Waals surface area contributed by atoms with Gasteiger partial charge in [-0.15, -0.1) is 6.58 Å². The fourth-order valence-corrected chi connectivity index (χ4v) is 3.04. The van der Waals surface area contributed by atoms with Crippen molar-refractivity contribution in [3.63, 3.8) is 0 Å². The Morgan fingerprint density at radius 1 is 1.32 bits per heavy atom. The van der Waals surface area contributed by atoms with E-state index in [1.807, 2.05) is 11.0 Å². The lowest BCUT2D eigenvalue weighted by Gasteiger charge is -2.33. The van der Waals surface area contributed by atoms with Gasteiger partial charge in [0.1, 0.15) is 0 Å². The Balaban J connectivity index is 1.90. The molecule has 120 valence electrons. The summed E-state index contributed by atoms with van der Waals surface area (Å²) in [6.07, 6.45) is 5.48. The molecule has 1 aromatic carbocycles. The number of amides is 1. The van der Waals surface area contributed by atoms with Gasteiger partial charge in [0.2, 0.25) is 5.91 Å². The zero-order valence-corrected chi connectivity index (χ0v) is 13.7.